The van der Waals surface area contributed by atoms with Gasteiger partial charge in [0.25, 0.3) is 0 Å². The predicted molar refractivity (Wildman–Crippen MR) is 57.1 cm³/mol. The third-order valence-corrected chi connectivity index (χ3v) is 2.39. The molecular weight excluding hydrogens is 176 g/mol. The van der Waals surface area contributed by atoms with E-state index < -0.39 is 0 Å². The lowest BCUT2D eigenvalue weighted by Gasteiger charge is -2.06. The van der Waals surface area contributed by atoms with Crippen molar-refractivity contribution in [1.82, 2.24) is 4.57 Å². The fraction of sp³-hybridized carbons (Fsp3) is 0.182. The number of nitrogens with zero attached hydrogens (tertiary/aromatic N) is 1. The molecule has 0 bridgehead atoms. The predicted octanol–water partition coefficient (Wildman–Crippen LogP) is 0.997. The van der Waals surface area contributed by atoms with Crippen LogP contribution in [-0.2, 0) is 13.6 Å². The third-order valence-electron chi connectivity index (χ3n) is 2.39. The molecule has 0 unspecified atom stereocenters. The Kier molecular flexibility index (Phi) is 2.09. The first-order valence-corrected chi connectivity index (χ1v) is 4.51. The Morgan fingerprint density at radius 2 is 2.07 bits per heavy atom. The van der Waals surface area contributed by atoms with Crippen LogP contribution in [0.2, 0.25) is 0 Å². The second kappa shape index (κ2) is 3.27. The van der Waals surface area contributed by atoms with Gasteiger partial charge in [-0.15, -0.1) is 0 Å². The molecule has 0 aliphatic carbocycles. The fourth-order valence-corrected chi connectivity index (χ4v) is 1.65. The number of para-hydroxylation sites is 1. The fourth-order valence-electron chi connectivity index (χ4n) is 1.65. The molecule has 2 rings (SSSR count). The molecule has 0 spiro atoms. The topological polar surface area (TPSA) is 48.0 Å². The Hall–Kier alpha value is -1.61. The Balaban J connectivity index is 2.95. The summed E-state index contributed by atoms with van der Waals surface area (Å²) in [6.07, 6.45) is 1.80. The number of nitrogens with two attached hydrogens (primary N) is 1. The highest BCUT2D eigenvalue weighted by Crippen LogP contribution is 2.09. The van der Waals surface area contributed by atoms with Gasteiger partial charge in [-0.2, -0.15) is 0 Å². The van der Waals surface area contributed by atoms with E-state index in [-0.39, 0.29) is 12.0 Å². The highest BCUT2D eigenvalue weighted by Gasteiger charge is 2.04. The van der Waals surface area contributed by atoms with Gasteiger partial charge >= 0.3 is 0 Å². The molecule has 0 atom stereocenters. The van der Waals surface area contributed by atoms with Gasteiger partial charge in [0.1, 0.15) is 0 Å². The van der Waals surface area contributed by atoms with Gasteiger partial charge in [0, 0.05) is 30.7 Å². The minimum atomic E-state index is 0.0428. The van der Waals surface area contributed by atoms with Crippen molar-refractivity contribution in [2.75, 3.05) is 0 Å². The zero-order chi connectivity index (χ0) is 10.1. The average molecular weight is 188 g/mol. The normalized spacial score (nSPS) is 10.7. The second-order valence-corrected chi connectivity index (χ2v) is 3.32. The molecular formula is C11H12N2O. The first kappa shape index (κ1) is 8.97. The van der Waals surface area contributed by atoms with E-state index in [2.05, 4.69) is 0 Å². The van der Waals surface area contributed by atoms with E-state index in [0.29, 0.717) is 5.56 Å². The lowest BCUT2D eigenvalue weighted by Crippen LogP contribution is -2.16. The molecule has 0 fully saturated rings. The molecule has 0 saturated heterocycles. The van der Waals surface area contributed by atoms with Gasteiger partial charge in [0.05, 0.1) is 5.52 Å². The van der Waals surface area contributed by atoms with Crippen molar-refractivity contribution in [2.45, 2.75) is 6.54 Å². The van der Waals surface area contributed by atoms with E-state index in [1.807, 2.05) is 35.9 Å². The molecule has 14 heavy (non-hydrogen) atoms. The Bertz CT molecular complexity index is 528. The van der Waals surface area contributed by atoms with E-state index in [9.17, 15) is 4.79 Å². The molecule has 1 aromatic carbocycles. The SMILES string of the molecule is Cn1cc(CN)c(=O)c2ccccc21. The van der Waals surface area contributed by atoms with E-state index in [4.69, 9.17) is 5.73 Å². The summed E-state index contributed by atoms with van der Waals surface area (Å²) < 4.78 is 1.93. The first-order valence-electron chi connectivity index (χ1n) is 4.51. The van der Waals surface area contributed by atoms with Crippen molar-refractivity contribution < 1.29 is 0 Å². The summed E-state index contributed by atoms with van der Waals surface area (Å²) in [7, 11) is 1.92. The van der Waals surface area contributed by atoms with Crippen LogP contribution in [0.1, 0.15) is 5.56 Å². The van der Waals surface area contributed by atoms with Gasteiger partial charge in [-0.3, -0.25) is 4.79 Å². The zero-order valence-corrected chi connectivity index (χ0v) is 8.03. The monoisotopic (exact) mass is 188 g/mol. The maximum atomic E-state index is 11.8. The molecule has 0 radical (unpaired) electrons. The van der Waals surface area contributed by atoms with E-state index in [1.165, 1.54) is 0 Å². The van der Waals surface area contributed by atoms with Gasteiger partial charge in [-0.05, 0) is 12.1 Å². The second-order valence-electron chi connectivity index (χ2n) is 3.32. The van der Waals surface area contributed by atoms with E-state index in [1.54, 1.807) is 6.20 Å². The number of aryl methyl sites for hydroxylation is 1. The molecule has 1 heterocycles. The number of fused-ring (bicyclic) bond motifs is 1. The average Bonchev–Trinajstić information content (AvgIpc) is 2.23. The third kappa shape index (κ3) is 1.22. The Morgan fingerprint density at radius 3 is 2.79 bits per heavy atom. The summed E-state index contributed by atoms with van der Waals surface area (Å²) in [6, 6.07) is 7.54. The molecule has 2 N–H and O–H groups in total. The van der Waals surface area contributed by atoms with Gasteiger partial charge < -0.3 is 10.3 Å². The van der Waals surface area contributed by atoms with E-state index >= 15 is 0 Å². The van der Waals surface area contributed by atoms with Crippen molar-refractivity contribution in [2.24, 2.45) is 12.8 Å². The van der Waals surface area contributed by atoms with Crippen LogP contribution in [0.4, 0.5) is 0 Å². The van der Waals surface area contributed by atoms with Crippen LogP contribution in [0.5, 0.6) is 0 Å². The van der Waals surface area contributed by atoms with Crippen molar-refractivity contribution in [1.29, 1.82) is 0 Å². The molecule has 3 heteroatoms. The van der Waals surface area contributed by atoms with Crippen LogP contribution in [-0.4, -0.2) is 4.57 Å². The molecule has 0 saturated carbocycles. The Morgan fingerprint density at radius 1 is 1.36 bits per heavy atom. The van der Waals surface area contributed by atoms with Crippen molar-refractivity contribution in [3.63, 3.8) is 0 Å². The minimum absolute atomic E-state index is 0.0428. The lowest BCUT2D eigenvalue weighted by molar-refractivity contribution is 0.911. The number of hydrogen-bond donors (Lipinski definition) is 1. The highest BCUT2D eigenvalue weighted by molar-refractivity contribution is 5.79. The summed E-state index contributed by atoms with van der Waals surface area (Å²) >= 11 is 0. The summed E-state index contributed by atoms with van der Waals surface area (Å²) in [5, 5.41) is 0.734. The molecule has 72 valence electrons. The molecule has 3 nitrogen and oxygen atoms in total. The molecule has 1 aromatic heterocycles. The van der Waals surface area contributed by atoms with Gasteiger partial charge in [-0.25, -0.2) is 0 Å². The van der Waals surface area contributed by atoms with Crippen LogP contribution >= 0.6 is 0 Å². The molecule has 0 amide bonds. The number of rotatable bonds is 1. The largest absolute Gasteiger partial charge is 0.350 e. The summed E-state index contributed by atoms with van der Waals surface area (Å²) in [6.45, 7) is 0.289. The Labute approximate surface area is 81.8 Å². The highest BCUT2D eigenvalue weighted by atomic mass is 16.1. The number of hydrogen-bond acceptors (Lipinski definition) is 2. The van der Waals surface area contributed by atoms with Crippen LogP contribution in [0, 0.1) is 0 Å². The van der Waals surface area contributed by atoms with Gasteiger partial charge in [0.2, 0.25) is 0 Å². The summed E-state index contributed by atoms with van der Waals surface area (Å²) in [4.78, 5) is 11.8. The van der Waals surface area contributed by atoms with Gasteiger partial charge in [0.15, 0.2) is 5.43 Å². The van der Waals surface area contributed by atoms with Crippen molar-refractivity contribution in [3.05, 3.63) is 46.2 Å². The summed E-state index contributed by atoms with van der Waals surface area (Å²) in [5.41, 5.74) is 7.14. The van der Waals surface area contributed by atoms with Crippen LogP contribution < -0.4 is 11.2 Å². The molecule has 0 aliphatic heterocycles. The van der Waals surface area contributed by atoms with Crippen molar-refractivity contribution >= 4 is 10.9 Å². The smallest absolute Gasteiger partial charge is 0.193 e. The maximum absolute atomic E-state index is 11.8. The minimum Gasteiger partial charge on any atom is -0.350 e. The lowest BCUT2D eigenvalue weighted by atomic mass is 10.1. The van der Waals surface area contributed by atoms with Crippen LogP contribution in [0.3, 0.4) is 0 Å². The van der Waals surface area contributed by atoms with E-state index in [0.717, 1.165) is 10.9 Å². The molecule has 0 aliphatic rings. The van der Waals surface area contributed by atoms with Crippen molar-refractivity contribution in [3.8, 4) is 0 Å². The maximum Gasteiger partial charge on any atom is 0.193 e. The first-order chi connectivity index (χ1) is 6.74. The standard InChI is InChI=1S/C11H12N2O/c1-13-7-8(6-12)11(14)9-4-2-3-5-10(9)13/h2-5,7H,6,12H2,1H3. The number of aromatic nitrogens is 1. The van der Waals surface area contributed by atoms with Crippen LogP contribution in [0.15, 0.2) is 35.3 Å². The quantitative estimate of drug-likeness (QED) is 0.725. The summed E-state index contributed by atoms with van der Waals surface area (Å²) in [5.74, 6) is 0. The number of benzene rings is 1. The molecule has 2 aromatic rings. The van der Waals surface area contributed by atoms with Crippen LogP contribution in [0.25, 0.3) is 10.9 Å². The van der Waals surface area contributed by atoms with Gasteiger partial charge in [-0.1, -0.05) is 12.1 Å². The number of pyridine rings is 1. The zero-order valence-electron chi connectivity index (χ0n) is 8.03.